The number of rotatable bonds is 1. The van der Waals surface area contributed by atoms with Crippen LogP contribution in [0, 0.1) is 23.7 Å². The molecule has 1 fully saturated rings. The number of hydrogen-bond donors (Lipinski definition) is 1. The Balaban J connectivity index is 2.15. The second kappa shape index (κ2) is 4.93. The van der Waals surface area contributed by atoms with E-state index in [9.17, 15) is 9.90 Å². The maximum Gasteiger partial charge on any atom is 0.257 e. The monoisotopic (exact) mass is 258 g/mol. The normalized spacial score (nSPS) is 17.8. The Morgan fingerprint density at radius 1 is 1.42 bits per heavy atom. The zero-order chi connectivity index (χ0) is 14.0. The molecule has 4 nitrogen and oxygen atoms in total. The molecule has 0 atom stereocenters. The molecule has 4 heteroatoms. The third kappa shape index (κ3) is 2.55. The standard InChI is InChI=1S/C15H18N2O2/c1-11-4-3-5-12(13(11)18)14(19)17-8-6-15(2,10-16)7-9-17/h3-5,18H,6-9H2,1-2H3. The Kier molecular flexibility index (Phi) is 3.48. The van der Waals surface area contributed by atoms with Gasteiger partial charge in [0.2, 0.25) is 0 Å². The zero-order valence-corrected chi connectivity index (χ0v) is 11.3. The number of nitriles is 1. The molecular weight excluding hydrogens is 240 g/mol. The Bertz CT molecular complexity index is 538. The van der Waals surface area contributed by atoms with Gasteiger partial charge in [0.05, 0.1) is 17.0 Å². The van der Waals surface area contributed by atoms with Crippen molar-refractivity contribution in [2.24, 2.45) is 5.41 Å². The molecule has 0 aromatic heterocycles. The number of benzene rings is 1. The number of hydrogen-bond acceptors (Lipinski definition) is 3. The van der Waals surface area contributed by atoms with Gasteiger partial charge >= 0.3 is 0 Å². The van der Waals surface area contributed by atoms with E-state index in [1.807, 2.05) is 6.92 Å². The van der Waals surface area contributed by atoms with Crippen molar-refractivity contribution in [2.75, 3.05) is 13.1 Å². The van der Waals surface area contributed by atoms with Gasteiger partial charge in [0.25, 0.3) is 5.91 Å². The highest BCUT2D eigenvalue weighted by Gasteiger charge is 2.32. The topological polar surface area (TPSA) is 64.3 Å². The molecule has 0 saturated carbocycles. The molecule has 1 aromatic carbocycles. The number of piperidine rings is 1. The fourth-order valence-electron chi connectivity index (χ4n) is 2.32. The van der Waals surface area contributed by atoms with Gasteiger partial charge in [-0.1, -0.05) is 12.1 Å². The summed E-state index contributed by atoms with van der Waals surface area (Å²) in [7, 11) is 0. The largest absolute Gasteiger partial charge is 0.507 e. The summed E-state index contributed by atoms with van der Waals surface area (Å²) in [5, 5.41) is 19.0. The molecule has 1 aliphatic rings. The number of para-hydroxylation sites is 1. The van der Waals surface area contributed by atoms with Gasteiger partial charge in [0, 0.05) is 13.1 Å². The number of phenols is 1. The summed E-state index contributed by atoms with van der Waals surface area (Å²) in [6.45, 7) is 4.83. The van der Waals surface area contributed by atoms with E-state index in [2.05, 4.69) is 6.07 Å². The molecule has 1 N–H and O–H groups in total. The Morgan fingerprint density at radius 2 is 2.05 bits per heavy atom. The van der Waals surface area contributed by atoms with Crippen molar-refractivity contribution in [1.82, 2.24) is 4.90 Å². The maximum absolute atomic E-state index is 12.4. The first kappa shape index (κ1) is 13.4. The molecule has 0 unspecified atom stereocenters. The van der Waals surface area contributed by atoms with E-state index in [0.29, 0.717) is 37.1 Å². The van der Waals surface area contributed by atoms with Gasteiger partial charge in [-0.2, -0.15) is 5.26 Å². The molecule has 1 aliphatic heterocycles. The lowest BCUT2D eigenvalue weighted by molar-refractivity contribution is 0.0658. The van der Waals surface area contributed by atoms with Crippen LogP contribution in [0.25, 0.3) is 0 Å². The summed E-state index contributed by atoms with van der Waals surface area (Å²) in [6.07, 6.45) is 1.36. The summed E-state index contributed by atoms with van der Waals surface area (Å²) in [6, 6.07) is 7.50. The van der Waals surface area contributed by atoms with Crippen molar-refractivity contribution in [2.45, 2.75) is 26.7 Å². The van der Waals surface area contributed by atoms with Crippen molar-refractivity contribution in [1.29, 1.82) is 5.26 Å². The predicted octanol–water partition coefficient (Wildman–Crippen LogP) is 2.47. The molecule has 2 rings (SSSR count). The first-order valence-electron chi connectivity index (χ1n) is 6.46. The average molecular weight is 258 g/mol. The Morgan fingerprint density at radius 3 is 2.63 bits per heavy atom. The summed E-state index contributed by atoms with van der Waals surface area (Å²) in [5.74, 6) is -0.0951. The van der Waals surface area contributed by atoms with Crippen LogP contribution in [0.5, 0.6) is 5.75 Å². The fraction of sp³-hybridized carbons (Fsp3) is 0.467. The van der Waals surface area contributed by atoms with Crippen LogP contribution in [0.2, 0.25) is 0 Å². The van der Waals surface area contributed by atoms with Crippen molar-refractivity contribution in [3.8, 4) is 11.8 Å². The molecule has 0 radical (unpaired) electrons. The highest BCUT2D eigenvalue weighted by molar-refractivity contribution is 5.97. The molecule has 19 heavy (non-hydrogen) atoms. The van der Waals surface area contributed by atoms with Gasteiger partial charge in [-0.05, 0) is 38.3 Å². The van der Waals surface area contributed by atoms with Crippen molar-refractivity contribution in [3.63, 3.8) is 0 Å². The van der Waals surface area contributed by atoms with E-state index in [4.69, 9.17) is 5.26 Å². The van der Waals surface area contributed by atoms with Crippen LogP contribution in [-0.2, 0) is 0 Å². The van der Waals surface area contributed by atoms with Gasteiger partial charge < -0.3 is 10.0 Å². The van der Waals surface area contributed by atoms with E-state index < -0.39 is 0 Å². The van der Waals surface area contributed by atoms with Crippen LogP contribution in [-0.4, -0.2) is 29.0 Å². The summed E-state index contributed by atoms with van der Waals surface area (Å²) in [5.41, 5.74) is 0.719. The van der Waals surface area contributed by atoms with Crippen molar-refractivity contribution in [3.05, 3.63) is 29.3 Å². The number of phenolic OH excluding ortho intramolecular Hbond substituents is 1. The van der Waals surface area contributed by atoms with Crippen LogP contribution < -0.4 is 0 Å². The lowest BCUT2D eigenvalue weighted by atomic mass is 9.82. The average Bonchev–Trinajstić information content (AvgIpc) is 2.42. The van der Waals surface area contributed by atoms with Crippen LogP contribution in [0.3, 0.4) is 0 Å². The van der Waals surface area contributed by atoms with Crippen LogP contribution in [0.1, 0.15) is 35.7 Å². The third-order valence-electron chi connectivity index (χ3n) is 3.89. The van der Waals surface area contributed by atoms with Gasteiger partial charge in [0.15, 0.2) is 0 Å². The lowest BCUT2D eigenvalue weighted by Gasteiger charge is -2.35. The molecular formula is C15H18N2O2. The SMILES string of the molecule is Cc1cccc(C(=O)N2CCC(C)(C#N)CC2)c1O. The van der Waals surface area contributed by atoms with Crippen LogP contribution >= 0.6 is 0 Å². The number of carbonyl (C=O) groups is 1. The molecule has 1 saturated heterocycles. The predicted molar refractivity (Wildman–Crippen MR) is 71.7 cm³/mol. The van der Waals surface area contributed by atoms with Gasteiger partial charge in [0.1, 0.15) is 5.75 Å². The van der Waals surface area contributed by atoms with Crippen LogP contribution in [0.4, 0.5) is 0 Å². The zero-order valence-electron chi connectivity index (χ0n) is 11.3. The lowest BCUT2D eigenvalue weighted by Crippen LogP contribution is -2.41. The number of amides is 1. The molecule has 100 valence electrons. The Labute approximate surface area is 113 Å². The molecule has 1 heterocycles. The highest BCUT2D eigenvalue weighted by atomic mass is 16.3. The van der Waals surface area contributed by atoms with E-state index in [-0.39, 0.29) is 17.1 Å². The number of likely N-dealkylation sites (tertiary alicyclic amines) is 1. The smallest absolute Gasteiger partial charge is 0.257 e. The fourth-order valence-corrected chi connectivity index (χ4v) is 2.32. The number of nitrogens with zero attached hydrogens (tertiary/aromatic N) is 2. The number of carbonyl (C=O) groups excluding carboxylic acids is 1. The molecule has 1 aromatic rings. The first-order chi connectivity index (χ1) is 8.97. The van der Waals surface area contributed by atoms with Gasteiger partial charge in [-0.15, -0.1) is 0 Å². The molecule has 1 amide bonds. The summed E-state index contributed by atoms with van der Waals surface area (Å²) < 4.78 is 0. The highest BCUT2D eigenvalue weighted by Crippen LogP contribution is 2.31. The summed E-state index contributed by atoms with van der Waals surface area (Å²) >= 11 is 0. The number of aryl methyl sites for hydroxylation is 1. The van der Waals surface area contributed by atoms with Gasteiger partial charge in [-0.3, -0.25) is 4.79 Å². The van der Waals surface area contributed by atoms with Crippen LogP contribution in [0.15, 0.2) is 18.2 Å². The second-order valence-electron chi connectivity index (χ2n) is 5.44. The van der Waals surface area contributed by atoms with E-state index >= 15 is 0 Å². The third-order valence-corrected chi connectivity index (χ3v) is 3.89. The quantitative estimate of drug-likeness (QED) is 0.841. The first-order valence-corrected chi connectivity index (χ1v) is 6.46. The van der Waals surface area contributed by atoms with E-state index in [1.165, 1.54) is 0 Å². The minimum absolute atomic E-state index is 0.0566. The minimum atomic E-state index is -0.328. The van der Waals surface area contributed by atoms with E-state index in [1.54, 1.807) is 30.0 Å². The summed E-state index contributed by atoms with van der Waals surface area (Å²) in [4.78, 5) is 14.1. The molecule has 0 spiro atoms. The van der Waals surface area contributed by atoms with Crippen molar-refractivity contribution < 1.29 is 9.90 Å². The number of aromatic hydroxyl groups is 1. The maximum atomic E-state index is 12.4. The van der Waals surface area contributed by atoms with E-state index in [0.717, 1.165) is 0 Å². The second-order valence-corrected chi connectivity index (χ2v) is 5.44. The minimum Gasteiger partial charge on any atom is -0.507 e. The molecule has 0 aliphatic carbocycles. The molecule has 0 bridgehead atoms. The van der Waals surface area contributed by atoms with Crippen molar-refractivity contribution >= 4 is 5.91 Å². The van der Waals surface area contributed by atoms with Gasteiger partial charge in [-0.25, -0.2) is 0 Å². The Hall–Kier alpha value is -2.02.